The van der Waals surface area contributed by atoms with Gasteiger partial charge in [0.15, 0.2) is 0 Å². The first-order valence-electron chi connectivity index (χ1n) is 9.22. The van der Waals surface area contributed by atoms with E-state index in [-0.39, 0.29) is 13.5 Å². The molecular formula is C22H34O2S. The molecule has 3 heteroatoms. The average molecular weight is 363 g/mol. The number of unbranched alkanes of at least 4 members (excludes halogenated alkanes) is 4. The van der Waals surface area contributed by atoms with Crippen LogP contribution in [0.25, 0.3) is 0 Å². The van der Waals surface area contributed by atoms with Crippen LogP contribution < -0.4 is 0 Å². The number of para-hydroxylation sites is 2. The average Bonchev–Trinajstić information content (AvgIpc) is 2.59. The van der Waals surface area contributed by atoms with E-state index < -0.39 is 0 Å². The lowest BCUT2D eigenvalue weighted by Gasteiger charge is -2.02. The molecule has 0 aliphatic rings. The molecule has 0 fully saturated rings. The Morgan fingerprint density at radius 3 is 1.28 bits per heavy atom. The maximum atomic E-state index is 9.41. The van der Waals surface area contributed by atoms with Crippen LogP contribution in [0.15, 0.2) is 48.5 Å². The van der Waals surface area contributed by atoms with E-state index in [0.717, 1.165) is 24.0 Å². The van der Waals surface area contributed by atoms with Gasteiger partial charge >= 0.3 is 0 Å². The zero-order chi connectivity index (χ0) is 17.6. The summed E-state index contributed by atoms with van der Waals surface area (Å²) < 4.78 is 0. The molecule has 0 aromatic heterocycles. The monoisotopic (exact) mass is 362 g/mol. The van der Waals surface area contributed by atoms with Crippen LogP contribution in [0.5, 0.6) is 11.5 Å². The molecule has 0 spiro atoms. The van der Waals surface area contributed by atoms with Gasteiger partial charge in [-0.2, -0.15) is 13.5 Å². The second kappa shape index (κ2) is 14.7. The first kappa shape index (κ1) is 23.4. The van der Waals surface area contributed by atoms with Gasteiger partial charge in [-0.05, 0) is 48.9 Å². The molecule has 0 amide bonds. The van der Waals surface area contributed by atoms with Gasteiger partial charge in [0.1, 0.15) is 11.5 Å². The molecule has 2 aromatic carbocycles. The normalized spacial score (nSPS) is 9.68. The van der Waals surface area contributed by atoms with E-state index in [1.54, 1.807) is 12.1 Å². The number of rotatable bonds is 8. The van der Waals surface area contributed by atoms with Crippen molar-refractivity contribution >= 4 is 13.5 Å². The van der Waals surface area contributed by atoms with Crippen LogP contribution in [-0.2, 0) is 12.8 Å². The molecule has 25 heavy (non-hydrogen) atoms. The largest absolute Gasteiger partial charge is 0.508 e. The van der Waals surface area contributed by atoms with E-state index in [1.807, 2.05) is 36.4 Å². The summed E-state index contributed by atoms with van der Waals surface area (Å²) in [7, 11) is 0. The lowest BCUT2D eigenvalue weighted by molar-refractivity contribution is 0.466. The summed E-state index contributed by atoms with van der Waals surface area (Å²) in [6.07, 6.45) is 9.30. The number of aromatic hydroxyl groups is 2. The molecule has 2 nitrogen and oxygen atoms in total. The van der Waals surface area contributed by atoms with Crippen molar-refractivity contribution in [3.63, 3.8) is 0 Å². The van der Waals surface area contributed by atoms with Gasteiger partial charge in [0.25, 0.3) is 0 Å². The summed E-state index contributed by atoms with van der Waals surface area (Å²) in [5.41, 5.74) is 2.15. The topological polar surface area (TPSA) is 40.5 Å². The maximum Gasteiger partial charge on any atom is 0.118 e. The van der Waals surface area contributed by atoms with Crippen molar-refractivity contribution in [3.8, 4) is 11.5 Å². The van der Waals surface area contributed by atoms with Crippen LogP contribution in [0.1, 0.15) is 63.5 Å². The lowest BCUT2D eigenvalue weighted by Crippen LogP contribution is -1.85. The molecule has 140 valence electrons. The Hall–Kier alpha value is -1.61. The molecule has 2 N–H and O–H groups in total. The van der Waals surface area contributed by atoms with Crippen molar-refractivity contribution in [2.24, 2.45) is 0 Å². The Morgan fingerprint density at radius 1 is 0.600 bits per heavy atom. The number of phenolic OH excluding ortho intramolecular Hbond substituents is 2. The minimum absolute atomic E-state index is 0. The highest BCUT2D eigenvalue weighted by atomic mass is 32.1. The van der Waals surface area contributed by atoms with Crippen LogP contribution in [-0.4, -0.2) is 10.2 Å². The van der Waals surface area contributed by atoms with Gasteiger partial charge in [0.05, 0.1) is 0 Å². The highest BCUT2D eigenvalue weighted by Crippen LogP contribution is 2.18. The predicted molar refractivity (Wildman–Crippen MR) is 113 cm³/mol. The molecule has 2 rings (SSSR count). The van der Waals surface area contributed by atoms with Crippen LogP contribution in [0.4, 0.5) is 0 Å². The second-order valence-corrected chi connectivity index (χ2v) is 6.17. The Morgan fingerprint density at radius 2 is 0.960 bits per heavy atom. The van der Waals surface area contributed by atoms with Gasteiger partial charge in [-0.25, -0.2) is 0 Å². The summed E-state index contributed by atoms with van der Waals surface area (Å²) in [6, 6.07) is 15.2. The third-order valence-corrected chi connectivity index (χ3v) is 4.08. The lowest BCUT2D eigenvalue weighted by atomic mass is 10.1. The van der Waals surface area contributed by atoms with E-state index in [4.69, 9.17) is 0 Å². The van der Waals surface area contributed by atoms with E-state index >= 15 is 0 Å². The first-order chi connectivity index (χ1) is 11.7. The van der Waals surface area contributed by atoms with Crippen molar-refractivity contribution in [1.29, 1.82) is 0 Å². The molecule has 0 heterocycles. The van der Waals surface area contributed by atoms with E-state index in [0.29, 0.717) is 11.5 Å². The van der Waals surface area contributed by atoms with Gasteiger partial charge in [-0.3, -0.25) is 0 Å². The predicted octanol–water partition coefficient (Wildman–Crippen LogP) is 6.36. The number of benzene rings is 2. The molecule has 0 aliphatic carbocycles. The third kappa shape index (κ3) is 10.1. The van der Waals surface area contributed by atoms with Crippen LogP contribution >= 0.6 is 13.5 Å². The molecular weight excluding hydrogens is 328 g/mol. The first-order valence-corrected chi connectivity index (χ1v) is 9.22. The van der Waals surface area contributed by atoms with Crippen molar-refractivity contribution < 1.29 is 10.2 Å². The standard InChI is InChI=1S/2C11H16O.H2S/c2*1-2-3-4-7-10-8-5-6-9-11(10)12;/h2*5-6,8-9,12H,2-4,7H2,1H3;1H2. The van der Waals surface area contributed by atoms with Crippen LogP contribution in [0.2, 0.25) is 0 Å². The molecule has 0 unspecified atom stereocenters. The van der Waals surface area contributed by atoms with Crippen LogP contribution in [0.3, 0.4) is 0 Å². The van der Waals surface area contributed by atoms with Crippen molar-refractivity contribution in [2.75, 3.05) is 0 Å². The van der Waals surface area contributed by atoms with E-state index in [9.17, 15) is 10.2 Å². The molecule has 2 aromatic rings. The van der Waals surface area contributed by atoms with Gasteiger partial charge < -0.3 is 10.2 Å². The van der Waals surface area contributed by atoms with E-state index in [1.165, 1.54) is 38.5 Å². The molecule has 0 saturated carbocycles. The van der Waals surface area contributed by atoms with Crippen molar-refractivity contribution in [1.82, 2.24) is 0 Å². The molecule has 0 atom stereocenters. The van der Waals surface area contributed by atoms with Gasteiger partial charge in [0.2, 0.25) is 0 Å². The summed E-state index contributed by atoms with van der Waals surface area (Å²) in [5.74, 6) is 0.877. The second-order valence-electron chi connectivity index (χ2n) is 6.17. The summed E-state index contributed by atoms with van der Waals surface area (Å²) >= 11 is 0. The zero-order valence-electron chi connectivity index (χ0n) is 15.7. The highest BCUT2D eigenvalue weighted by Gasteiger charge is 1.98. The summed E-state index contributed by atoms with van der Waals surface area (Å²) in [5, 5.41) is 18.8. The number of hydrogen-bond donors (Lipinski definition) is 2. The number of hydrogen-bond acceptors (Lipinski definition) is 2. The fourth-order valence-electron chi connectivity index (χ4n) is 2.58. The molecule has 0 radical (unpaired) electrons. The molecule has 0 bridgehead atoms. The smallest absolute Gasteiger partial charge is 0.118 e. The van der Waals surface area contributed by atoms with Gasteiger partial charge in [0, 0.05) is 0 Å². The van der Waals surface area contributed by atoms with Crippen LogP contribution in [0, 0.1) is 0 Å². The van der Waals surface area contributed by atoms with Crippen molar-refractivity contribution in [2.45, 2.75) is 65.2 Å². The minimum atomic E-state index is 0. The Balaban J connectivity index is 0.000000443. The fourth-order valence-corrected chi connectivity index (χ4v) is 2.58. The molecule has 0 aliphatic heterocycles. The fraction of sp³-hybridized carbons (Fsp3) is 0.455. The molecule has 0 saturated heterocycles. The van der Waals surface area contributed by atoms with E-state index in [2.05, 4.69) is 13.8 Å². The Labute approximate surface area is 160 Å². The zero-order valence-corrected chi connectivity index (χ0v) is 16.7. The Kier molecular flexibility index (Phi) is 13.8. The maximum absolute atomic E-state index is 9.41. The SMILES string of the molecule is CCCCCc1ccccc1O.CCCCCc1ccccc1O.S. The summed E-state index contributed by atoms with van der Waals surface area (Å²) in [4.78, 5) is 0. The van der Waals surface area contributed by atoms with Crippen molar-refractivity contribution in [3.05, 3.63) is 59.7 Å². The number of phenols is 2. The minimum Gasteiger partial charge on any atom is -0.508 e. The Bertz CT molecular complexity index is 518. The van der Waals surface area contributed by atoms with Gasteiger partial charge in [-0.15, -0.1) is 0 Å². The summed E-state index contributed by atoms with van der Waals surface area (Å²) in [6.45, 7) is 4.37. The highest BCUT2D eigenvalue weighted by molar-refractivity contribution is 7.59. The quantitative estimate of drug-likeness (QED) is 0.536. The number of aryl methyl sites for hydroxylation is 2. The third-order valence-electron chi connectivity index (χ3n) is 4.08. The van der Waals surface area contributed by atoms with Gasteiger partial charge in [-0.1, -0.05) is 75.9 Å².